The zero-order chi connectivity index (χ0) is 15.2. The zero-order valence-electron chi connectivity index (χ0n) is 13.7. The molecular weight excluding hydrogens is 254 g/mol. The van der Waals surface area contributed by atoms with Crippen LogP contribution in [0.3, 0.4) is 0 Å². The van der Waals surface area contributed by atoms with Crippen molar-refractivity contribution in [3.05, 3.63) is 65.7 Å². The SMILES string of the molecule is CC.CC1CC(C)N(c2ccccc2)Cc2ccccc21. The fourth-order valence-electron chi connectivity index (χ4n) is 3.23. The van der Waals surface area contributed by atoms with E-state index < -0.39 is 0 Å². The van der Waals surface area contributed by atoms with Gasteiger partial charge in [-0.1, -0.05) is 63.2 Å². The van der Waals surface area contributed by atoms with Crippen molar-refractivity contribution in [3.63, 3.8) is 0 Å². The Kier molecular flexibility index (Phi) is 5.44. The molecular formula is C20H27N. The monoisotopic (exact) mass is 281 g/mol. The van der Waals surface area contributed by atoms with Gasteiger partial charge in [0.15, 0.2) is 0 Å². The Morgan fingerprint density at radius 2 is 1.48 bits per heavy atom. The van der Waals surface area contributed by atoms with Crippen molar-refractivity contribution in [1.29, 1.82) is 0 Å². The fraction of sp³-hybridized carbons (Fsp3) is 0.400. The maximum absolute atomic E-state index is 2.53. The first kappa shape index (κ1) is 15.6. The van der Waals surface area contributed by atoms with E-state index in [1.54, 1.807) is 0 Å². The van der Waals surface area contributed by atoms with Crippen LogP contribution in [0.25, 0.3) is 0 Å². The summed E-state index contributed by atoms with van der Waals surface area (Å²) in [6, 6.07) is 20.2. The molecule has 0 saturated carbocycles. The average molecular weight is 281 g/mol. The second-order valence-corrected chi connectivity index (χ2v) is 5.65. The predicted octanol–water partition coefficient (Wildman–Crippen LogP) is 5.62. The Morgan fingerprint density at radius 1 is 0.857 bits per heavy atom. The molecule has 0 fully saturated rings. The zero-order valence-corrected chi connectivity index (χ0v) is 13.7. The number of rotatable bonds is 1. The van der Waals surface area contributed by atoms with Crippen molar-refractivity contribution in [2.75, 3.05) is 4.90 Å². The van der Waals surface area contributed by atoms with Gasteiger partial charge in [-0.25, -0.2) is 0 Å². The van der Waals surface area contributed by atoms with E-state index in [0.717, 1.165) is 6.54 Å². The highest BCUT2D eigenvalue weighted by Gasteiger charge is 2.24. The molecule has 0 saturated heterocycles. The molecule has 21 heavy (non-hydrogen) atoms. The third kappa shape index (κ3) is 3.47. The Bertz CT molecular complexity index is 547. The summed E-state index contributed by atoms with van der Waals surface area (Å²) >= 11 is 0. The molecule has 1 heterocycles. The van der Waals surface area contributed by atoms with Crippen LogP contribution in [0.1, 0.15) is 51.2 Å². The van der Waals surface area contributed by atoms with E-state index in [4.69, 9.17) is 0 Å². The summed E-state index contributed by atoms with van der Waals surface area (Å²) < 4.78 is 0. The van der Waals surface area contributed by atoms with Crippen LogP contribution in [-0.2, 0) is 6.54 Å². The second-order valence-electron chi connectivity index (χ2n) is 5.65. The fourth-order valence-corrected chi connectivity index (χ4v) is 3.23. The largest absolute Gasteiger partial charge is 0.364 e. The highest BCUT2D eigenvalue weighted by atomic mass is 15.2. The summed E-state index contributed by atoms with van der Waals surface area (Å²) in [5.74, 6) is 0.639. The van der Waals surface area contributed by atoms with E-state index in [2.05, 4.69) is 73.3 Å². The van der Waals surface area contributed by atoms with Gasteiger partial charge in [-0.15, -0.1) is 0 Å². The maximum Gasteiger partial charge on any atom is 0.0435 e. The van der Waals surface area contributed by atoms with Crippen LogP contribution < -0.4 is 4.90 Å². The van der Waals surface area contributed by atoms with Crippen molar-refractivity contribution in [1.82, 2.24) is 0 Å². The molecule has 2 unspecified atom stereocenters. The first-order chi connectivity index (χ1) is 10.3. The molecule has 1 heteroatoms. The maximum atomic E-state index is 2.53. The summed E-state index contributed by atoms with van der Waals surface area (Å²) in [6.45, 7) is 9.71. The highest BCUT2D eigenvalue weighted by molar-refractivity contribution is 5.49. The summed E-state index contributed by atoms with van der Waals surface area (Å²) in [5.41, 5.74) is 4.33. The molecule has 2 aromatic rings. The number of hydrogen-bond acceptors (Lipinski definition) is 1. The normalized spacial score (nSPS) is 20.9. The highest BCUT2D eigenvalue weighted by Crippen LogP contribution is 2.33. The van der Waals surface area contributed by atoms with Gasteiger partial charge in [-0.3, -0.25) is 0 Å². The van der Waals surface area contributed by atoms with Gasteiger partial charge in [0, 0.05) is 18.3 Å². The van der Waals surface area contributed by atoms with Crippen LogP contribution in [0.4, 0.5) is 5.69 Å². The Balaban J connectivity index is 0.000000774. The lowest BCUT2D eigenvalue weighted by Crippen LogP contribution is -2.31. The summed E-state index contributed by atoms with van der Waals surface area (Å²) in [7, 11) is 0. The molecule has 1 nitrogen and oxygen atoms in total. The number of para-hydroxylation sites is 1. The molecule has 0 aromatic heterocycles. The second kappa shape index (κ2) is 7.31. The lowest BCUT2D eigenvalue weighted by atomic mass is 9.93. The lowest BCUT2D eigenvalue weighted by molar-refractivity contribution is 0.560. The first-order valence-corrected chi connectivity index (χ1v) is 8.15. The van der Waals surface area contributed by atoms with Crippen molar-refractivity contribution >= 4 is 5.69 Å². The lowest BCUT2D eigenvalue weighted by Gasteiger charge is -2.30. The van der Waals surface area contributed by atoms with Gasteiger partial charge in [0.05, 0.1) is 0 Å². The molecule has 112 valence electrons. The van der Waals surface area contributed by atoms with Crippen molar-refractivity contribution < 1.29 is 0 Å². The molecule has 3 rings (SSSR count). The molecule has 1 aliphatic rings. The third-order valence-corrected chi connectivity index (χ3v) is 4.24. The van der Waals surface area contributed by atoms with Gasteiger partial charge in [-0.05, 0) is 42.5 Å². The molecule has 0 radical (unpaired) electrons. The molecule has 2 aromatic carbocycles. The number of hydrogen-bond donors (Lipinski definition) is 0. The Labute approximate surface area is 129 Å². The quantitative estimate of drug-likeness (QED) is 0.656. The van der Waals surface area contributed by atoms with E-state index in [-0.39, 0.29) is 0 Å². The van der Waals surface area contributed by atoms with E-state index in [9.17, 15) is 0 Å². The first-order valence-electron chi connectivity index (χ1n) is 8.15. The van der Waals surface area contributed by atoms with E-state index >= 15 is 0 Å². The molecule has 2 atom stereocenters. The average Bonchev–Trinajstić information content (AvgIpc) is 2.67. The van der Waals surface area contributed by atoms with E-state index in [1.807, 2.05) is 13.8 Å². The third-order valence-electron chi connectivity index (χ3n) is 4.24. The van der Waals surface area contributed by atoms with Crippen LogP contribution in [0, 0.1) is 0 Å². The molecule has 0 bridgehead atoms. The smallest absolute Gasteiger partial charge is 0.0435 e. The number of fused-ring (bicyclic) bond motifs is 1. The van der Waals surface area contributed by atoms with Crippen LogP contribution >= 0.6 is 0 Å². The molecule has 0 spiro atoms. The van der Waals surface area contributed by atoms with Crippen LogP contribution in [0.5, 0.6) is 0 Å². The minimum absolute atomic E-state index is 0.574. The van der Waals surface area contributed by atoms with Crippen LogP contribution in [0.2, 0.25) is 0 Å². The van der Waals surface area contributed by atoms with Gasteiger partial charge in [0.2, 0.25) is 0 Å². The number of nitrogens with zero attached hydrogens (tertiary/aromatic N) is 1. The van der Waals surface area contributed by atoms with Gasteiger partial charge in [0.25, 0.3) is 0 Å². The predicted molar refractivity (Wildman–Crippen MR) is 92.9 cm³/mol. The summed E-state index contributed by atoms with van der Waals surface area (Å²) in [4.78, 5) is 2.53. The van der Waals surface area contributed by atoms with E-state index in [1.165, 1.54) is 23.2 Å². The van der Waals surface area contributed by atoms with E-state index in [0.29, 0.717) is 12.0 Å². The van der Waals surface area contributed by atoms with Crippen molar-refractivity contribution in [3.8, 4) is 0 Å². The van der Waals surface area contributed by atoms with Gasteiger partial charge >= 0.3 is 0 Å². The van der Waals surface area contributed by atoms with Crippen molar-refractivity contribution in [2.45, 2.75) is 52.6 Å². The topological polar surface area (TPSA) is 3.24 Å². The molecule has 0 amide bonds. The summed E-state index contributed by atoms with van der Waals surface area (Å²) in [5, 5.41) is 0. The number of benzene rings is 2. The van der Waals surface area contributed by atoms with Crippen LogP contribution in [-0.4, -0.2) is 6.04 Å². The van der Waals surface area contributed by atoms with Gasteiger partial charge in [0.1, 0.15) is 0 Å². The number of anilines is 1. The molecule has 0 aliphatic carbocycles. The Morgan fingerprint density at radius 3 is 2.19 bits per heavy atom. The van der Waals surface area contributed by atoms with Gasteiger partial charge < -0.3 is 4.90 Å². The minimum Gasteiger partial charge on any atom is -0.364 e. The van der Waals surface area contributed by atoms with Gasteiger partial charge in [-0.2, -0.15) is 0 Å². The molecule has 1 aliphatic heterocycles. The Hall–Kier alpha value is -1.76. The molecule has 0 N–H and O–H groups in total. The standard InChI is InChI=1S/C18H21N.C2H6/c1-14-12-15(2)19(17-9-4-3-5-10-17)13-16-8-6-7-11-18(14)16;1-2/h3-11,14-15H,12-13H2,1-2H3;1-2H3. The minimum atomic E-state index is 0.574. The van der Waals surface area contributed by atoms with Crippen molar-refractivity contribution in [2.24, 2.45) is 0 Å². The van der Waals surface area contributed by atoms with Crippen LogP contribution in [0.15, 0.2) is 54.6 Å². The summed E-state index contributed by atoms with van der Waals surface area (Å²) in [6.07, 6.45) is 1.21.